The number of carbonyl (C=O) groups excluding carboxylic acids is 2. The number of rotatable bonds is 5. The lowest BCUT2D eigenvalue weighted by Crippen LogP contribution is -2.58. The van der Waals surface area contributed by atoms with E-state index in [0.29, 0.717) is 12.5 Å². The summed E-state index contributed by atoms with van der Waals surface area (Å²) in [6.07, 6.45) is 1.80. The van der Waals surface area contributed by atoms with Gasteiger partial charge in [0, 0.05) is 13.1 Å². The molecule has 2 aliphatic heterocycles. The fourth-order valence-electron chi connectivity index (χ4n) is 2.85. The van der Waals surface area contributed by atoms with Crippen LogP contribution in [0.4, 0.5) is 0 Å². The van der Waals surface area contributed by atoms with Gasteiger partial charge in [0.25, 0.3) is 0 Å². The van der Waals surface area contributed by atoms with Crippen molar-refractivity contribution in [1.29, 1.82) is 0 Å². The van der Waals surface area contributed by atoms with Gasteiger partial charge in [0.1, 0.15) is 6.04 Å². The molecule has 102 valence electrons. The summed E-state index contributed by atoms with van der Waals surface area (Å²) in [7, 11) is 0. The second-order valence-corrected chi connectivity index (χ2v) is 5.38. The molecule has 2 heterocycles. The third kappa shape index (κ3) is 2.66. The van der Waals surface area contributed by atoms with Crippen LogP contribution in [0.15, 0.2) is 0 Å². The molecule has 2 fully saturated rings. The molecule has 2 aliphatic rings. The molecular weight excluding hydrogens is 230 g/mol. The van der Waals surface area contributed by atoms with Crippen molar-refractivity contribution in [3.63, 3.8) is 0 Å². The molecule has 0 saturated carbocycles. The molecule has 5 heteroatoms. The molecule has 2 rings (SSSR count). The maximum atomic E-state index is 12.3. The van der Waals surface area contributed by atoms with Crippen LogP contribution in [0.25, 0.3) is 0 Å². The molecule has 2 amide bonds. The van der Waals surface area contributed by atoms with Crippen molar-refractivity contribution in [2.24, 2.45) is 5.92 Å². The van der Waals surface area contributed by atoms with E-state index in [-0.39, 0.29) is 24.4 Å². The second-order valence-electron chi connectivity index (χ2n) is 5.38. The summed E-state index contributed by atoms with van der Waals surface area (Å²) in [6, 6.07) is -0.169. The van der Waals surface area contributed by atoms with E-state index >= 15 is 0 Å². The second kappa shape index (κ2) is 5.69. The van der Waals surface area contributed by atoms with Gasteiger partial charge in [-0.25, -0.2) is 0 Å². The Bertz CT molecular complexity index is 332. The van der Waals surface area contributed by atoms with E-state index in [2.05, 4.69) is 19.2 Å². The Balaban J connectivity index is 1.92. The Labute approximate surface area is 108 Å². The van der Waals surface area contributed by atoms with Gasteiger partial charge in [0.2, 0.25) is 11.8 Å². The van der Waals surface area contributed by atoms with Crippen LogP contribution in [0.5, 0.6) is 0 Å². The molecule has 5 nitrogen and oxygen atoms in total. The average Bonchev–Trinajstić information content (AvgIpc) is 2.83. The topological polar surface area (TPSA) is 52.7 Å². The minimum Gasteiger partial charge on any atom is -0.331 e. The zero-order valence-electron chi connectivity index (χ0n) is 11.3. The number of fused-ring (bicyclic) bond motifs is 1. The van der Waals surface area contributed by atoms with E-state index in [1.165, 1.54) is 0 Å². The minimum absolute atomic E-state index is 0.118. The summed E-state index contributed by atoms with van der Waals surface area (Å²) in [5.41, 5.74) is 0. The van der Waals surface area contributed by atoms with Gasteiger partial charge >= 0.3 is 0 Å². The molecule has 0 radical (unpaired) electrons. The van der Waals surface area contributed by atoms with Gasteiger partial charge in [-0.2, -0.15) is 0 Å². The van der Waals surface area contributed by atoms with Gasteiger partial charge in [-0.15, -0.1) is 0 Å². The molecule has 1 N–H and O–H groups in total. The lowest BCUT2D eigenvalue weighted by atomic mass is 10.1. The fourth-order valence-corrected chi connectivity index (χ4v) is 2.85. The standard InChI is InChI=1S/C13H23N3O2/c1-3-14-7-10(2)8-15-9-12(17)16-6-4-5-11(16)13(15)18/h10-11,14H,3-9H2,1-2H3. The molecule has 0 aromatic carbocycles. The Morgan fingerprint density at radius 1 is 1.44 bits per heavy atom. The van der Waals surface area contributed by atoms with Gasteiger partial charge < -0.3 is 15.1 Å². The van der Waals surface area contributed by atoms with Gasteiger partial charge in [0.05, 0.1) is 6.54 Å². The third-order valence-electron chi connectivity index (χ3n) is 3.77. The summed E-state index contributed by atoms with van der Waals surface area (Å²) in [4.78, 5) is 27.7. The maximum absolute atomic E-state index is 12.3. The molecule has 2 unspecified atom stereocenters. The van der Waals surface area contributed by atoms with Gasteiger partial charge in [-0.05, 0) is 31.8 Å². The van der Waals surface area contributed by atoms with Gasteiger partial charge in [-0.1, -0.05) is 13.8 Å². The normalized spacial score (nSPS) is 25.6. The predicted octanol–water partition coefficient (Wildman–Crippen LogP) is 0.0652. The highest BCUT2D eigenvalue weighted by Gasteiger charge is 2.41. The van der Waals surface area contributed by atoms with Crippen LogP contribution in [-0.2, 0) is 9.59 Å². The highest BCUT2D eigenvalue weighted by Crippen LogP contribution is 2.23. The predicted molar refractivity (Wildman–Crippen MR) is 69.0 cm³/mol. The van der Waals surface area contributed by atoms with Crippen LogP contribution in [0.2, 0.25) is 0 Å². The van der Waals surface area contributed by atoms with Crippen LogP contribution < -0.4 is 5.32 Å². The van der Waals surface area contributed by atoms with Crippen LogP contribution in [0.3, 0.4) is 0 Å². The Hall–Kier alpha value is -1.10. The smallest absolute Gasteiger partial charge is 0.245 e. The minimum atomic E-state index is -0.169. The fraction of sp³-hybridized carbons (Fsp3) is 0.846. The van der Waals surface area contributed by atoms with Crippen LogP contribution in [0.1, 0.15) is 26.7 Å². The first kappa shape index (κ1) is 13.3. The van der Waals surface area contributed by atoms with Crippen LogP contribution in [0, 0.1) is 5.92 Å². The molecule has 2 atom stereocenters. The monoisotopic (exact) mass is 253 g/mol. The van der Waals surface area contributed by atoms with Crippen molar-refractivity contribution in [1.82, 2.24) is 15.1 Å². The number of nitrogens with zero attached hydrogens (tertiary/aromatic N) is 2. The van der Waals surface area contributed by atoms with Crippen molar-refractivity contribution in [2.75, 3.05) is 32.7 Å². The molecule has 0 aromatic rings. The molecule has 0 bridgehead atoms. The molecule has 2 saturated heterocycles. The summed E-state index contributed by atoms with van der Waals surface area (Å²) >= 11 is 0. The lowest BCUT2D eigenvalue weighted by Gasteiger charge is -2.37. The summed E-state index contributed by atoms with van der Waals surface area (Å²) in [6.45, 7) is 7.72. The van der Waals surface area contributed by atoms with E-state index in [9.17, 15) is 9.59 Å². The van der Waals surface area contributed by atoms with E-state index in [1.54, 1.807) is 9.80 Å². The van der Waals surface area contributed by atoms with E-state index in [1.807, 2.05) is 0 Å². The molecule has 18 heavy (non-hydrogen) atoms. The number of carbonyl (C=O) groups is 2. The van der Waals surface area contributed by atoms with Crippen molar-refractivity contribution in [2.45, 2.75) is 32.7 Å². The number of amides is 2. The first-order chi connectivity index (χ1) is 8.63. The van der Waals surface area contributed by atoms with E-state index in [4.69, 9.17) is 0 Å². The van der Waals surface area contributed by atoms with Crippen molar-refractivity contribution in [3.05, 3.63) is 0 Å². The largest absolute Gasteiger partial charge is 0.331 e. The Kier molecular flexibility index (Phi) is 4.22. The van der Waals surface area contributed by atoms with Crippen LogP contribution >= 0.6 is 0 Å². The summed E-state index contributed by atoms with van der Waals surface area (Å²) in [5.74, 6) is 0.651. The molecular formula is C13H23N3O2. The van der Waals surface area contributed by atoms with E-state index in [0.717, 1.165) is 32.5 Å². The first-order valence-electron chi connectivity index (χ1n) is 6.92. The highest BCUT2D eigenvalue weighted by molar-refractivity contribution is 5.95. The number of hydrogen-bond acceptors (Lipinski definition) is 3. The number of piperazine rings is 1. The Morgan fingerprint density at radius 3 is 2.94 bits per heavy atom. The summed E-state index contributed by atoms with van der Waals surface area (Å²) < 4.78 is 0. The summed E-state index contributed by atoms with van der Waals surface area (Å²) in [5, 5.41) is 3.28. The van der Waals surface area contributed by atoms with Crippen LogP contribution in [-0.4, -0.2) is 60.4 Å². The molecule has 0 aromatic heterocycles. The van der Waals surface area contributed by atoms with Gasteiger partial charge in [0.15, 0.2) is 0 Å². The zero-order valence-corrected chi connectivity index (χ0v) is 11.3. The zero-order chi connectivity index (χ0) is 13.1. The molecule has 0 aliphatic carbocycles. The Morgan fingerprint density at radius 2 is 2.22 bits per heavy atom. The lowest BCUT2D eigenvalue weighted by molar-refractivity contribution is -0.154. The van der Waals surface area contributed by atoms with E-state index < -0.39 is 0 Å². The quantitative estimate of drug-likeness (QED) is 0.754. The number of hydrogen-bond donors (Lipinski definition) is 1. The first-order valence-corrected chi connectivity index (χ1v) is 6.92. The van der Waals surface area contributed by atoms with Crippen molar-refractivity contribution in [3.8, 4) is 0 Å². The molecule has 0 spiro atoms. The van der Waals surface area contributed by atoms with Crippen molar-refractivity contribution >= 4 is 11.8 Å². The maximum Gasteiger partial charge on any atom is 0.245 e. The third-order valence-corrected chi connectivity index (χ3v) is 3.77. The van der Waals surface area contributed by atoms with Crippen molar-refractivity contribution < 1.29 is 9.59 Å². The highest BCUT2D eigenvalue weighted by atomic mass is 16.2. The number of nitrogens with one attached hydrogen (secondary N) is 1. The average molecular weight is 253 g/mol. The van der Waals surface area contributed by atoms with Gasteiger partial charge in [-0.3, -0.25) is 9.59 Å². The SMILES string of the molecule is CCNCC(C)CN1CC(=O)N2CCCC2C1=O.